The Hall–Kier alpha value is -3.36. The van der Waals surface area contributed by atoms with Crippen molar-refractivity contribution in [3.63, 3.8) is 0 Å². The molecule has 0 amide bonds. The van der Waals surface area contributed by atoms with Crippen molar-refractivity contribution in [2.45, 2.75) is 218 Å². The number of nitrogens with zero attached hydrogens (tertiary/aromatic N) is 2. The molecule has 424 valence electrons. The fraction of sp³-hybridized carbons (Fsp3) is 0.731. The third-order valence-electron chi connectivity index (χ3n) is 12.1. The first-order valence-electron chi connectivity index (χ1n) is 26.7. The van der Waals surface area contributed by atoms with Crippen molar-refractivity contribution in [2.24, 2.45) is 5.92 Å². The van der Waals surface area contributed by atoms with Gasteiger partial charge in [0.05, 0.1) is 25.4 Å². The molecule has 1 fully saturated rings. The van der Waals surface area contributed by atoms with Crippen LogP contribution in [0.25, 0.3) is 0 Å². The van der Waals surface area contributed by atoms with E-state index < -0.39 is 95.9 Å². The lowest BCUT2D eigenvalue weighted by atomic mass is 10.0. The number of phosphoric ester groups is 2. The van der Waals surface area contributed by atoms with Crippen LogP contribution < -0.4 is 11.4 Å². The van der Waals surface area contributed by atoms with Crippen LogP contribution in [-0.2, 0) is 46.3 Å². The number of unbranched alkanes of at least 4 members (excludes halogenated alkanes) is 15. The number of aromatic nitrogens is 2. The largest absolute Gasteiger partial charge is 0.481 e. The van der Waals surface area contributed by atoms with Crippen LogP contribution in [0.3, 0.4) is 0 Å². The number of rotatable bonds is 43. The summed E-state index contributed by atoms with van der Waals surface area (Å²) in [5.74, 6) is -0.749. The topological polar surface area (TPSA) is 306 Å². The van der Waals surface area contributed by atoms with Gasteiger partial charge in [0, 0.05) is 19.0 Å². The summed E-state index contributed by atoms with van der Waals surface area (Å²) in [5, 5.41) is 41.3. The molecule has 0 saturated carbocycles. The van der Waals surface area contributed by atoms with Gasteiger partial charge in [0.25, 0.3) is 0 Å². The zero-order valence-electron chi connectivity index (χ0n) is 44.0. The second-order valence-corrected chi connectivity index (χ2v) is 22.3. The Bertz CT molecular complexity index is 1980. The van der Waals surface area contributed by atoms with Gasteiger partial charge in [0.1, 0.15) is 30.7 Å². The van der Waals surface area contributed by atoms with Crippen molar-refractivity contribution >= 4 is 33.4 Å². The summed E-state index contributed by atoms with van der Waals surface area (Å²) in [6.45, 7) is 4.16. The number of allylic oxidation sites excluding steroid dienone is 6. The lowest BCUT2D eigenvalue weighted by Crippen LogP contribution is -2.36. The van der Waals surface area contributed by atoms with E-state index in [1.54, 1.807) is 24.3 Å². The molecule has 20 nitrogen and oxygen atoms in total. The third kappa shape index (κ3) is 32.3. The van der Waals surface area contributed by atoms with Crippen molar-refractivity contribution < 1.29 is 76.5 Å². The summed E-state index contributed by atoms with van der Waals surface area (Å²) in [4.78, 5) is 62.0. The van der Waals surface area contributed by atoms with E-state index in [4.69, 9.17) is 29.0 Å². The van der Waals surface area contributed by atoms with E-state index in [1.807, 2.05) is 24.3 Å². The van der Waals surface area contributed by atoms with Gasteiger partial charge in [-0.2, -0.15) is 9.29 Å². The first-order chi connectivity index (χ1) is 35.3. The molecule has 9 atom stereocenters. The second kappa shape index (κ2) is 39.1. The van der Waals surface area contributed by atoms with E-state index >= 15 is 0 Å². The number of nitrogens with two attached hydrogens (primary N) is 1. The number of hydrogen-bond acceptors (Lipinski definition) is 17. The Morgan fingerprint density at radius 1 is 0.730 bits per heavy atom. The SMILES string of the molecule is CCCCC[C@@H](O)/C=C/C=C\C/C=C\C=C\[C@@H](O)CCCC(=O)O[C@H](COC(=O)CCCCCCCCCCCCCCCCC(C)C)COP(=O)(O)OP(=O)(O)OC[C@H]1O[C@@H](n2ccc(N)nc2=O)[C@H](O)[C@@H]1O. The molecule has 2 heterocycles. The van der Waals surface area contributed by atoms with Gasteiger partial charge in [-0.25, -0.2) is 13.9 Å². The van der Waals surface area contributed by atoms with E-state index in [0.29, 0.717) is 12.8 Å². The average molecular weight is 1090 g/mol. The molecule has 22 heteroatoms. The molecule has 0 bridgehead atoms. The number of carbonyl (C=O) groups is 2. The molecular weight excluding hydrogens is 1000 g/mol. The maximum absolute atomic E-state index is 12.9. The van der Waals surface area contributed by atoms with Crippen LogP contribution >= 0.6 is 15.6 Å². The van der Waals surface area contributed by atoms with Gasteiger partial charge in [-0.1, -0.05) is 179 Å². The molecule has 0 aliphatic carbocycles. The van der Waals surface area contributed by atoms with Gasteiger partial charge in [-0.15, -0.1) is 0 Å². The normalized spacial score (nSPS) is 20.2. The minimum Gasteiger partial charge on any atom is -0.462 e. The summed E-state index contributed by atoms with van der Waals surface area (Å²) in [6, 6.07) is 1.23. The van der Waals surface area contributed by atoms with Crippen molar-refractivity contribution in [3.05, 3.63) is 71.4 Å². The van der Waals surface area contributed by atoms with Crippen LogP contribution in [0.2, 0.25) is 0 Å². The molecule has 1 saturated heterocycles. The number of aliphatic hydroxyl groups is 4. The summed E-state index contributed by atoms with van der Waals surface area (Å²) >= 11 is 0. The summed E-state index contributed by atoms with van der Waals surface area (Å²) in [5.41, 5.74) is 4.57. The maximum Gasteiger partial charge on any atom is 0.481 e. The summed E-state index contributed by atoms with van der Waals surface area (Å²) in [7, 11) is -11.0. The van der Waals surface area contributed by atoms with Gasteiger partial charge < -0.3 is 50.2 Å². The zero-order valence-corrected chi connectivity index (χ0v) is 45.8. The predicted molar refractivity (Wildman–Crippen MR) is 282 cm³/mol. The molecule has 1 aliphatic heterocycles. The van der Waals surface area contributed by atoms with Crippen molar-refractivity contribution in [1.82, 2.24) is 9.55 Å². The number of anilines is 1. The van der Waals surface area contributed by atoms with Crippen molar-refractivity contribution in [1.29, 1.82) is 0 Å². The minimum absolute atomic E-state index is 0.0787. The zero-order chi connectivity index (χ0) is 54.6. The van der Waals surface area contributed by atoms with Gasteiger partial charge >= 0.3 is 33.3 Å². The van der Waals surface area contributed by atoms with Crippen LogP contribution in [-0.4, -0.2) is 108 Å². The Morgan fingerprint density at radius 2 is 1.26 bits per heavy atom. The summed E-state index contributed by atoms with van der Waals surface area (Å²) in [6.07, 6.45) is 28.3. The van der Waals surface area contributed by atoms with Crippen LogP contribution in [0, 0.1) is 5.92 Å². The smallest absolute Gasteiger partial charge is 0.462 e. The third-order valence-corrected chi connectivity index (χ3v) is 14.7. The van der Waals surface area contributed by atoms with Gasteiger partial charge in [0.15, 0.2) is 12.3 Å². The monoisotopic (exact) mass is 1090 g/mol. The molecular formula is C52H89N3O17P2. The predicted octanol–water partition coefficient (Wildman–Crippen LogP) is 9.14. The Labute approximate surface area is 438 Å². The standard InChI is InChI=1S/C52H89N3O17P2/c1-4-5-23-30-42(56)31-25-20-16-14-17-21-26-32-43(57)33-28-35-48(59)70-44(38-67-47(58)34-27-22-18-13-11-9-7-6-8-10-12-15-19-24-29-41(2)3)39-68-73(63,64)72-74(65,66)69-40-45-49(60)50(61)51(71-45)55-37-36-46(53)54-52(55)62/h16-17,20-21,25-26,31-32,36-37,41-45,49-51,56-57,60-61H,4-15,18-19,22-24,27-30,33-35,38-40H2,1-3H3,(H,63,64)(H,65,66)(H2,53,54,62)/b20-16-,21-17-,31-25+,32-26+/t42-,43-,44-,45-,49-,50-,51-/m1/s1. The molecule has 74 heavy (non-hydrogen) atoms. The fourth-order valence-electron chi connectivity index (χ4n) is 7.83. The summed E-state index contributed by atoms with van der Waals surface area (Å²) < 4.78 is 56.6. The number of nitrogen functional groups attached to an aromatic ring is 1. The number of hydrogen-bond donors (Lipinski definition) is 7. The molecule has 0 spiro atoms. The number of carbonyl (C=O) groups excluding carboxylic acids is 2. The highest BCUT2D eigenvalue weighted by Crippen LogP contribution is 2.60. The Kier molecular flexibility index (Phi) is 35.2. The number of aliphatic hydroxyl groups excluding tert-OH is 4. The Morgan fingerprint density at radius 3 is 1.82 bits per heavy atom. The highest BCUT2D eigenvalue weighted by molar-refractivity contribution is 7.61. The van der Waals surface area contributed by atoms with E-state index in [9.17, 15) is 53.7 Å². The van der Waals surface area contributed by atoms with Crippen molar-refractivity contribution in [3.8, 4) is 0 Å². The van der Waals surface area contributed by atoms with Crippen LogP contribution in [0.15, 0.2) is 65.7 Å². The first kappa shape index (κ1) is 66.8. The number of phosphoric acid groups is 2. The van der Waals surface area contributed by atoms with Crippen LogP contribution in [0.4, 0.5) is 5.82 Å². The number of esters is 2. The van der Waals surface area contributed by atoms with E-state index in [0.717, 1.165) is 68.0 Å². The molecule has 0 aromatic carbocycles. The molecule has 1 aromatic heterocycles. The van der Waals surface area contributed by atoms with Crippen LogP contribution in [0.5, 0.6) is 0 Å². The first-order valence-corrected chi connectivity index (χ1v) is 29.7. The Balaban J connectivity index is 1.85. The van der Waals surface area contributed by atoms with E-state index in [2.05, 4.69) is 30.1 Å². The maximum atomic E-state index is 12.9. The minimum atomic E-state index is -5.48. The molecule has 8 N–H and O–H groups in total. The van der Waals surface area contributed by atoms with Gasteiger partial charge in [-0.3, -0.25) is 23.2 Å². The highest BCUT2D eigenvalue weighted by Gasteiger charge is 2.46. The molecule has 0 radical (unpaired) electrons. The van der Waals surface area contributed by atoms with Crippen LogP contribution in [0.1, 0.15) is 181 Å². The molecule has 2 unspecified atom stereocenters. The number of ether oxygens (including phenoxy) is 3. The van der Waals surface area contributed by atoms with E-state index in [1.165, 1.54) is 70.3 Å². The molecule has 1 aromatic rings. The lowest BCUT2D eigenvalue weighted by molar-refractivity contribution is -0.161. The lowest BCUT2D eigenvalue weighted by Gasteiger charge is -2.21. The molecule has 2 rings (SSSR count). The average Bonchev–Trinajstić information content (AvgIpc) is 3.61. The second-order valence-electron chi connectivity index (χ2n) is 19.3. The van der Waals surface area contributed by atoms with Crippen molar-refractivity contribution in [2.75, 3.05) is 25.6 Å². The quantitative estimate of drug-likeness (QED) is 0.0139. The van der Waals surface area contributed by atoms with Gasteiger partial charge in [-0.05, 0) is 44.1 Å². The molecule has 1 aliphatic rings. The van der Waals surface area contributed by atoms with E-state index in [-0.39, 0.29) is 31.5 Å². The van der Waals surface area contributed by atoms with Gasteiger partial charge in [0.2, 0.25) is 0 Å². The fourth-order valence-corrected chi connectivity index (χ4v) is 9.94. The highest BCUT2D eigenvalue weighted by atomic mass is 31.3.